The van der Waals surface area contributed by atoms with Crippen molar-refractivity contribution in [1.82, 2.24) is 9.97 Å². The van der Waals surface area contributed by atoms with Crippen molar-refractivity contribution in [3.8, 4) is 5.75 Å². The molecule has 6 nitrogen and oxygen atoms in total. The van der Waals surface area contributed by atoms with Crippen LogP contribution in [0.15, 0.2) is 30.3 Å². The average molecular weight is 339 g/mol. The largest absolute Gasteiger partial charge is 0.495 e. The molecular formula is C19H25N5O. The lowest BCUT2D eigenvalue weighted by molar-refractivity contribution is 0.413. The summed E-state index contributed by atoms with van der Waals surface area (Å²) in [5.74, 6) is 2.73. The molecule has 0 bridgehead atoms. The van der Waals surface area contributed by atoms with Gasteiger partial charge < -0.3 is 19.9 Å². The topological polar surface area (TPSA) is 53.5 Å². The molecular weight excluding hydrogens is 314 g/mol. The van der Waals surface area contributed by atoms with Gasteiger partial charge in [0.2, 0.25) is 5.95 Å². The molecule has 6 heteroatoms. The van der Waals surface area contributed by atoms with Gasteiger partial charge in [-0.25, -0.2) is 4.98 Å². The Bertz CT molecular complexity index is 738. The maximum absolute atomic E-state index is 5.50. The van der Waals surface area contributed by atoms with E-state index in [0.717, 1.165) is 49.4 Å². The van der Waals surface area contributed by atoms with Gasteiger partial charge in [-0.3, -0.25) is 0 Å². The fourth-order valence-electron chi connectivity index (χ4n) is 3.26. The highest BCUT2D eigenvalue weighted by Gasteiger charge is 2.24. The molecule has 2 aromatic rings. The quantitative estimate of drug-likeness (QED) is 0.904. The zero-order chi connectivity index (χ0) is 17.2. The van der Waals surface area contributed by atoms with Gasteiger partial charge in [0.15, 0.2) is 0 Å². The summed E-state index contributed by atoms with van der Waals surface area (Å²) in [6.45, 7) is 5.83. The van der Waals surface area contributed by atoms with Crippen molar-refractivity contribution in [2.45, 2.75) is 25.8 Å². The van der Waals surface area contributed by atoms with Crippen LogP contribution in [0.1, 0.15) is 18.5 Å². The molecule has 0 atom stereocenters. The van der Waals surface area contributed by atoms with Crippen LogP contribution in [0.2, 0.25) is 0 Å². The highest BCUT2D eigenvalue weighted by Crippen LogP contribution is 2.29. The Morgan fingerprint density at radius 3 is 2.48 bits per heavy atom. The molecule has 132 valence electrons. The van der Waals surface area contributed by atoms with E-state index in [1.165, 1.54) is 18.5 Å². The first kappa shape index (κ1) is 16.0. The predicted octanol–water partition coefficient (Wildman–Crippen LogP) is 2.69. The zero-order valence-corrected chi connectivity index (χ0v) is 14.9. The van der Waals surface area contributed by atoms with Crippen LogP contribution in [0, 0.1) is 6.92 Å². The molecule has 1 saturated heterocycles. The third-order valence-electron chi connectivity index (χ3n) is 4.78. The molecule has 1 saturated carbocycles. The molecule has 4 rings (SSSR count). The Morgan fingerprint density at radius 2 is 1.76 bits per heavy atom. The van der Waals surface area contributed by atoms with Gasteiger partial charge >= 0.3 is 0 Å². The second-order valence-electron chi connectivity index (χ2n) is 6.76. The second-order valence-corrected chi connectivity index (χ2v) is 6.76. The molecule has 0 spiro atoms. The minimum absolute atomic E-state index is 0.567. The number of ether oxygens (including phenoxy) is 1. The molecule has 1 N–H and O–H groups in total. The SMILES string of the molecule is COc1ccccc1N1CCN(c2cc(C)nc(NC3CC3)n2)CC1. The molecule has 0 unspecified atom stereocenters. The average Bonchev–Trinajstić information content (AvgIpc) is 3.45. The van der Waals surface area contributed by atoms with Crippen molar-refractivity contribution in [1.29, 1.82) is 0 Å². The van der Waals surface area contributed by atoms with Crippen LogP contribution in [-0.4, -0.2) is 49.3 Å². The molecule has 2 fully saturated rings. The summed E-state index contributed by atoms with van der Waals surface area (Å²) in [5, 5.41) is 3.41. The van der Waals surface area contributed by atoms with Crippen molar-refractivity contribution in [3.05, 3.63) is 36.0 Å². The lowest BCUT2D eigenvalue weighted by Gasteiger charge is -2.37. The Kier molecular flexibility index (Phi) is 4.34. The number of hydrogen-bond donors (Lipinski definition) is 1. The second kappa shape index (κ2) is 6.78. The van der Waals surface area contributed by atoms with Crippen molar-refractivity contribution >= 4 is 17.5 Å². The van der Waals surface area contributed by atoms with Gasteiger partial charge in [-0.2, -0.15) is 4.98 Å². The molecule has 0 amide bonds. The molecule has 1 aromatic carbocycles. The fraction of sp³-hybridized carbons (Fsp3) is 0.474. The van der Waals surface area contributed by atoms with Crippen molar-refractivity contribution < 1.29 is 4.74 Å². The van der Waals surface area contributed by atoms with E-state index in [1.807, 2.05) is 19.1 Å². The van der Waals surface area contributed by atoms with Gasteiger partial charge in [0.25, 0.3) is 0 Å². The first-order chi connectivity index (χ1) is 12.2. The van der Waals surface area contributed by atoms with Crippen molar-refractivity contribution in [2.75, 3.05) is 48.4 Å². The van der Waals surface area contributed by atoms with E-state index in [9.17, 15) is 0 Å². The molecule has 0 radical (unpaired) electrons. The minimum Gasteiger partial charge on any atom is -0.495 e. The number of benzene rings is 1. The number of anilines is 3. The van der Waals surface area contributed by atoms with E-state index < -0.39 is 0 Å². The van der Waals surface area contributed by atoms with E-state index in [2.05, 4.69) is 38.3 Å². The number of methoxy groups -OCH3 is 1. The van der Waals surface area contributed by atoms with Gasteiger partial charge in [0.1, 0.15) is 11.6 Å². The minimum atomic E-state index is 0.567. The van der Waals surface area contributed by atoms with Crippen LogP contribution >= 0.6 is 0 Å². The number of rotatable bonds is 5. The molecule has 1 aliphatic carbocycles. The first-order valence-electron chi connectivity index (χ1n) is 8.98. The van der Waals surface area contributed by atoms with Crippen LogP contribution in [0.5, 0.6) is 5.75 Å². The summed E-state index contributed by atoms with van der Waals surface area (Å²) >= 11 is 0. The predicted molar refractivity (Wildman–Crippen MR) is 101 cm³/mol. The van der Waals surface area contributed by atoms with Gasteiger partial charge in [0, 0.05) is 44.0 Å². The highest BCUT2D eigenvalue weighted by molar-refractivity contribution is 5.59. The smallest absolute Gasteiger partial charge is 0.225 e. The zero-order valence-electron chi connectivity index (χ0n) is 14.9. The molecule has 1 aromatic heterocycles. The summed E-state index contributed by atoms with van der Waals surface area (Å²) in [5.41, 5.74) is 2.18. The Hall–Kier alpha value is -2.50. The van der Waals surface area contributed by atoms with Crippen molar-refractivity contribution in [2.24, 2.45) is 0 Å². The monoisotopic (exact) mass is 339 g/mol. The van der Waals surface area contributed by atoms with Crippen LogP contribution in [0.4, 0.5) is 17.5 Å². The van der Waals surface area contributed by atoms with Crippen LogP contribution in [0.25, 0.3) is 0 Å². The third-order valence-corrected chi connectivity index (χ3v) is 4.78. The van der Waals surface area contributed by atoms with Crippen LogP contribution in [-0.2, 0) is 0 Å². The summed E-state index contributed by atoms with van der Waals surface area (Å²) in [4.78, 5) is 14.0. The molecule has 1 aliphatic heterocycles. The van der Waals surface area contributed by atoms with Gasteiger partial charge in [-0.1, -0.05) is 12.1 Å². The third kappa shape index (κ3) is 3.62. The Morgan fingerprint density at radius 1 is 1.04 bits per heavy atom. The Balaban J connectivity index is 1.45. The van der Waals surface area contributed by atoms with Gasteiger partial charge in [-0.15, -0.1) is 0 Å². The summed E-state index contributed by atoms with van der Waals surface area (Å²) in [6, 6.07) is 10.9. The summed E-state index contributed by atoms with van der Waals surface area (Å²) in [7, 11) is 1.73. The normalized spacial score (nSPS) is 17.5. The maximum Gasteiger partial charge on any atom is 0.225 e. The number of para-hydroxylation sites is 2. The van der Waals surface area contributed by atoms with Gasteiger partial charge in [0.05, 0.1) is 12.8 Å². The van der Waals surface area contributed by atoms with Crippen LogP contribution < -0.4 is 19.9 Å². The first-order valence-corrected chi connectivity index (χ1v) is 8.98. The number of piperazine rings is 1. The number of nitrogens with zero attached hydrogens (tertiary/aromatic N) is 4. The summed E-state index contributed by atoms with van der Waals surface area (Å²) in [6.07, 6.45) is 2.45. The van der Waals surface area contributed by atoms with E-state index in [4.69, 9.17) is 9.72 Å². The van der Waals surface area contributed by atoms with Crippen LogP contribution in [0.3, 0.4) is 0 Å². The molecule has 25 heavy (non-hydrogen) atoms. The molecule has 2 aliphatic rings. The highest BCUT2D eigenvalue weighted by atomic mass is 16.5. The number of nitrogens with one attached hydrogen (secondary N) is 1. The van der Waals surface area contributed by atoms with E-state index >= 15 is 0 Å². The fourth-order valence-corrected chi connectivity index (χ4v) is 3.26. The number of hydrogen-bond acceptors (Lipinski definition) is 6. The summed E-state index contributed by atoms with van der Waals surface area (Å²) < 4.78 is 5.50. The standard InChI is InChI=1S/C19H25N5O/c1-14-13-18(22-19(20-14)21-15-7-8-15)24-11-9-23(10-12-24)16-5-3-4-6-17(16)25-2/h3-6,13,15H,7-12H2,1-2H3,(H,20,21,22). The maximum atomic E-state index is 5.50. The lowest BCUT2D eigenvalue weighted by atomic mass is 10.2. The van der Waals surface area contributed by atoms with E-state index in [1.54, 1.807) is 7.11 Å². The van der Waals surface area contributed by atoms with E-state index in [-0.39, 0.29) is 0 Å². The lowest BCUT2D eigenvalue weighted by Crippen LogP contribution is -2.47. The number of aryl methyl sites for hydroxylation is 1. The Labute approximate surface area is 148 Å². The van der Waals surface area contributed by atoms with Gasteiger partial charge in [-0.05, 0) is 31.9 Å². The van der Waals surface area contributed by atoms with E-state index in [0.29, 0.717) is 6.04 Å². The molecule has 2 heterocycles. The van der Waals surface area contributed by atoms with Crippen molar-refractivity contribution in [3.63, 3.8) is 0 Å². The number of aromatic nitrogens is 2.